The standard InChI is InChI=1S/C16H16FN3O2.ClH/c1-20-8-2-3-12(16(20)22)15(21)19-13-5-4-10-9-18-7-6-11(10)14(13)17;/h2-5,8,18H,6-7,9H2,1H3,(H,19,21);1H. The van der Waals surface area contributed by atoms with Crippen LogP contribution in [0.5, 0.6) is 0 Å². The zero-order valence-electron chi connectivity index (χ0n) is 12.6. The number of amides is 1. The quantitative estimate of drug-likeness (QED) is 0.879. The molecule has 2 aromatic rings. The van der Waals surface area contributed by atoms with E-state index in [0.29, 0.717) is 25.1 Å². The van der Waals surface area contributed by atoms with Gasteiger partial charge in [-0.15, -0.1) is 12.4 Å². The van der Waals surface area contributed by atoms with Crippen molar-refractivity contribution in [2.75, 3.05) is 11.9 Å². The monoisotopic (exact) mass is 337 g/mol. The number of aromatic nitrogens is 1. The fourth-order valence-corrected chi connectivity index (χ4v) is 2.59. The molecule has 0 saturated carbocycles. The van der Waals surface area contributed by atoms with Crippen molar-refractivity contribution in [3.63, 3.8) is 0 Å². The Kier molecular flexibility index (Phi) is 5.18. The van der Waals surface area contributed by atoms with Gasteiger partial charge >= 0.3 is 0 Å². The number of rotatable bonds is 2. The van der Waals surface area contributed by atoms with E-state index in [1.54, 1.807) is 25.4 Å². The summed E-state index contributed by atoms with van der Waals surface area (Å²) in [7, 11) is 1.56. The molecule has 0 spiro atoms. The minimum Gasteiger partial charge on any atom is -0.319 e. The van der Waals surface area contributed by atoms with Gasteiger partial charge in [0, 0.05) is 19.8 Å². The van der Waals surface area contributed by atoms with Gasteiger partial charge in [0.15, 0.2) is 0 Å². The Morgan fingerprint density at radius 2 is 2.13 bits per heavy atom. The molecule has 0 fully saturated rings. The van der Waals surface area contributed by atoms with Crippen LogP contribution in [-0.4, -0.2) is 17.0 Å². The van der Waals surface area contributed by atoms with Gasteiger partial charge in [-0.05, 0) is 42.3 Å². The van der Waals surface area contributed by atoms with Crippen molar-refractivity contribution in [1.82, 2.24) is 9.88 Å². The first kappa shape index (κ1) is 17.2. The third-order valence-corrected chi connectivity index (χ3v) is 3.82. The fraction of sp³-hybridized carbons (Fsp3) is 0.250. The molecule has 1 amide bonds. The first-order chi connectivity index (χ1) is 10.6. The van der Waals surface area contributed by atoms with E-state index in [-0.39, 0.29) is 23.7 Å². The molecule has 122 valence electrons. The largest absolute Gasteiger partial charge is 0.319 e. The van der Waals surface area contributed by atoms with Gasteiger partial charge in [-0.3, -0.25) is 9.59 Å². The minimum absolute atomic E-state index is 0. The van der Waals surface area contributed by atoms with Gasteiger partial charge in [-0.2, -0.15) is 0 Å². The molecule has 2 N–H and O–H groups in total. The second-order valence-electron chi connectivity index (χ2n) is 5.28. The van der Waals surface area contributed by atoms with Crippen LogP contribution in [0.25, 0.3) is 0 Å². The SMILES string of the molecule is Cl.Cn1cccc(C(=O)Nc2ccc3c(c2F)CCNC3)c1=O. The highest BCUT2D eigenvalue weighted by Crippen LogP contribution is 2.24. The molecule has 5 nitrogen and oxygen atoms in total. The number of benzene rings is 1. The molecule has 2 heterocycles. The number of hydrogen-bond acceptors (Lipinski definition) is 3. The Hall–Kier alpha value is -2.18. The minimum atomic E-state index is -0.603. The molecule has 1 aliphatic rings. The van der Waals surface area contributed by atoms with E-state index >= 15 is 0 Å². The van der Waals surface area contributed by atoms with E-state index in [0.717, 1.165) is 5.56 Å². The molecule has 23 heavy (non-hydrogen) atoms. The number of anilines is 1. The van der Waals surface area contributed by atoms with E-state index in [9.17, 15) is 14.0 Å². The summed E-state index contributed by atoms with van der Waals surface area (Å²) in [5.74, 6) is -1.02. The molecule has 0 atom stereocenters. The summed E-state index contributed by atoms with van der Waals surface area (Å²) in [5, 5.41) is 5.67. The third-order valence-electron chi connectivity index (χ3n) is 3.82. The van der Waals surface area contributed by atoms with Gasteiger partial charge < -0.3 is 15.2 Å². The van der Waals surface area contributed by atoms with Crippen LogP contribution >= 0.6 is 12.4 Å². The molecular weight excluding hydrogens is 321 g/mol. The Bertz CT molecular complexity index is 804. The van der Waals surface area contributed by atoms with Crippen LogP contribution in [0, 0.1) is 5.82 Å². The zero-order valence-corrected chi connectivity index (χ0v) is 13.4. The van der Waals surface area contributed by atoms with Gasteiger partial charge in [0.05, 0.1) is 5.69 Å². The van der Waals surface area contributed by atoms with Crippen LogP contribution < -0.4 is 16.2 Å². The number of nitrogens with zero attached hydrogens (tertiary/aromatic N) is 1. The summed E-state index contributed by atoms with van der Waals surface area (Å²) in [6, 6.07) is 6.36. The molecule has 1 aromatic carbocycles. The van der Waals surface area contributed by atoms with Crippen molar-refractivity contribution < 1.29 is 9.18 Å². The lowest BCUT2D eigenvalue weighted by molar-refractivity contribution is 0.102. The second kappa shape index (κ2) is 6.93. The normalized spacial score (nSPS) is 13.0. The zero-order chi connectivity index (χ0) is 15.7. The van der Waals surface area contributed by atoms with Gasteiger partial charge in [-0.1, -0.05) is 6.07 Å². The number of aryl methyl sites for hydroxylation is 1. The first-order valence-electron chi connectivity index (χ1n) is 7.06. The van der Waals surface area contributed by atoms with Gasteiger partial charge in [0.25, 0.3) is 11.5 Å². The van der Waals surface area contributed by atoms with Gasteiger partial charge in [0.1, 0.15) is 11.4 Å². The predicted molar refractivity (Wildman–Crippen MR) is 88.7 cm³/mol. The summed E-state index contributed by atoms with van der Waals surface area (Å²) < 4.78 is 15.8. The molecular formula is C16H17ClFN3O2. The maximum absolute atomic E-state index is 14.5. The van der Waals surface area contributed by atoms with Crippen LogP contribution in [0.3, 0.4) is 0 Å². The first-order valence-corrected chi connectivity index (χ1v) is 7.06. The molecule has 0 unspecified atom stereocenters. The maximum atomic E-state index is 14.5. The topological polar surface area (TPSA) is 63.1 Å². The number of pyridine rings is 1. The lowest BCUT2D eigenvalue weighted by Crippen LogP contribution is -2.28. The fourth-order valence-electron chi connectivity index (χ4n) is 2.59. The average molecular weight is 338 g/mol. The molecule has 0 saturated heterocycles. The number of halogens is 2. The van der Waals surface area contributed by atoms with Crippen LogP contribution in [-0.2, 0) is 20.0 Å². The van der Waals surface area contributed by atoms with Crippen molar-refractivity contribution >= 4 is 24.0 Å². The lowest BCUT2D eigenvalue weighted by Gasteiger charge is -2.19. The third kappa shape index (κ3) is 3.28. The van der Waals surface area contributed by atoms with E-state index in [2.05, 4.69) is 10.6 Å². The summed E-state index contributed by atoms with van der Waals surface area (Å²) in [5.41, 5.74) is 1.21. The molecule has 1 aliphatic heterocycles. The van der Waals surface area contributed by atoms with Crippen LogP contribution in [0.1, 0.15) is 21.5 Å². The Labute approximate surface area is 138 Å². The highest BCUT2D eigenvalue weighted by Gasteiger charge is 2.19. The molecule has 0 radical (unpaired) electrons. The lowest BCUT2D eigenvalue weighted by atomic mass is 9.99. The number of hydrogen-bond donors (Lipinski definition) is 2. The van der Waals surface area contributed by atoms with Crippen LogP contribution in [0.4, 0.5) is 10.1 Å². The predicted octanol–water partition coefficient (Wildman–Crippen LogP) is 1.84. The van der Waals surface area contributed by atoms with Crippen LogP contribution in [0.2, 0.25) is 0 Å². The highest BCUT2D eigenvalue weighted by molar-refractivity contribution is 6.04. The number of nitrogens with one attached hydrogen (secondary N) is 2. The van der Waals surface area contributed by atoms with Crippen molar-refractivity contribution in [3.8, 4) is 0 Å². The van der Waals surface area contributed by atoms with Crippen molar-refractivity contribution in [2.45, 2.75) is 13.0 Å². The van der Waals surface area contributed by atoms with E-state index in [1.807, 2.05) is 0 Å². The van der Waals surface area contributed by atoms with Crippen molar-refractivity contribution in [2.24, 2.45) is 7.05 Å². The number of fused-ring (bicyclic) bond motifs is 1. The molecule has 0 aliphatic carbocycles. The Morgan fingerprint density at radius 3 is 2.91 bits per heavy atom. The summed E-state index contributed by atoms with van der Waals surface area (Å²) in [6.07, 6.45) is 2.14. The van der Waals surface area contributed by atoms with E-state index in [4.69, 9.17) is 0 Å². The summed E-state index contributed by atoms with van der Waals surface area (Å²) in [4.78, 5) is 24.1. The summed E-state index contributed by atoms with van der Waals surface area (Å²) >= 11 is 0. The molecule has 0 bridgehead atoms. The smallest absolute Gasteiger partial charge is 0.263 e. The maximum Gasteiger partial charge on any atom is 0.263 e. The van der Waals surface area contributed by atoms with Crippen LogP contribution in [0.15, 0.2) is 35.3 Å². The van der Waals surface area contributed by atoms with Crippen molar-refractivity contribution in [3.05, 3.63) is 63.3 Å². The molecule has 3 rings (SSSR count). The molecule has 7 heteroatoms. The average Bonchev–Trinajstić information content (AvgIpc) is 2.53. The van der Waals surface area contributed by atoms with Crippen molar-refractivity contribution in [1.29, 1.82) is 0 Å². The van der Waals surface area contributed by atoms with E-state index < -0.39 is 17.3 Å². The van der Waals surface area contributed by atoms with Gasteiger partial charge in [-0.25, -0.2) is 4.39 Å². The number of carbonyl (C=O) groups excluding carboxylic acids is 1. The highest BCUT2D eigenvalue weighted by atomic mass is 35.5. The Morgan fingerprint density at radius 1 is 1.35 bits per heavy atom. The second-order valence-corrected chi connectivity index (χ2v) is 5.28. The van der Waals surface area contributed by atoms with E-state index in [1.165, 1.54) is 16.7 Å². The van der Waals surface area contributed by atoms with Gasteiger partial charge in [0.2, 0.25) is 0 Å². The molecule has 1 aromatic heterocycles. The summed E-state index contributed by atoms with van der Waals surface area (Å²) in [6.45, 7) is 1.33. The Balaban J connectivity index is 0.00000192. The number of carbonyl (C=O) groups is 1.